The molecule has 0 atom stereocenters. The smallest absolute Gasteiger partial charge is 0.130 e. The summed E-state index contributed by atoms with van der Waals surface area (Å²) in [6.07, 6.45) is 0. The van der Waals surface area contributed by atoms with Crippen LogP contribution in [0, 0.1) is 13.8 Å². The maximum atomic E-state index is 5.60. The first-order valence-corrected chi connectivity index (χ1v) is 4.04. The van der Waals surface area contributed by atoms with Gasteiger partial charge in [0.15, 0.2) is 0 Å². The van der Waals surface area contributed by atoms with Crippen LogP contribution in [0.4, 0.5) is 5.82 Å². The van der Waals surface area contributed by atoms with Gasteiger partial charge in [-0.15, -0.1) is 0 Å². The minimum absolute atomic E-state index is 0.537. The number of anilines is 1. The highest BCUT2D eigenvalue weighted by atomic mass is 15.0. The fourth-order valence-corrected chi connectivity index (χ4v) is 1.33. The number of rotatable bonds is 2. The summed E-state index contributed by atoms with van der Waals surface area (Å²) in [6.45, 7) is 4.57. The Bertz CT molecular complexity index is 281. The van der Waals surface area contributed by atoms with Crippen molar-refractivity contribution in [3.05, 3.63) is 22.9 Å². The monoisotopic (exact) mass is 165 g/mol. The molecule has 0 aliphatic carbocycles. The Hall–Kier alpha value is -1.09. The molecule has 3 heteroatoms. The van der Waals surface area contributed by atoms with Crippen LogP contribution in [0.3, 0.4) is 0 Å². The van der Waals surface area contributed by atoms with E-state index < -0.39 is 0 Å². The van der Waals surface area contributed by atoms with Gasteiger partial charge in [0.05, 0.1) is 0 Å². The molecule has 12 heavy (non-hydrogen) atoms. The van der Waals surface area contributed by atoms with E-state index >= 15 is 0 Å². The van der Waals surface area contributed by atoms with Gasteiger partial charge in [-0.1, -0.05) is 0 Å². The van der Waals surface area contributed by atoms with Gasteiger partial charge in [-0.05, 0) is 25.5 Å². The summed E-state index contributed by atoms with van der Waals surface area (Å²) >= 11 is 0. The first-order valence-electron chi connectivity index (χ1n) is 4.04. The number of hydrogen-bond acceptors (Lipinski definition) is 3. The van der Waals surface area contributed by atoms with E-state index in [1.807, 2.05) is 20.0 Å². The zero-order valence-corrected chi connectivity index (χ0v) is 7.81. The second-order valence-electron chi connectivity index (χ2n) is 2.86. The molecule has 0 unspecified atom stereocenters. The normalized spacial score (nSPS) is 10.0. The van der Waals surface area contributed by atoms with Crippen molar-refractivity contribution in [2.75, 3.05) is 12.4 Å². The Balaban J connectivity index is 3.24. The topological polar surface area (TPSA) is 50.9 Å². The minimum atomic E-state index is 0.537. The molecule has 0 bridgehead atoms. The van der Waals surface area contributed by atoms with Crippen molar-refractivity contribution < 1.29 is 0 Å². The second kappa shape index (κ2) is 3.54. The molecule has 0 saturated carbocycles. The molecule has 0 radical (unpaired) electrons. The van der Waals surface area contributed by atoms with E-state index in [-0.39, 0.29) is 0 Å². The molecule has 3 N–H and O–H groups in total. The van der Waals surface area contributed by atoms with Gasteiger partial charge in [0, 0.05) is 24.8 Å². The Morgan fingerprint density at radius 2 is 2.17 bits per heavy atom. The molecule has 0 aliphatic rings. The third-order valence-corrected chi connectivity index (χ3v) is 1.92. The van der Waals surface area contributed by atoms with Crippen LogP contribution in [0.15, 0.2) is 6.07 Å². The third-order valence-electron chi connectivity index (χ3n) is 1.92. The Kier molecular flexibility index (Phi) is 2.65. The fraction of sp³-hybridized carbons (Fsp3) is 0.444. The molecule has 0 amide bonds. The summed E-state index contributed by atoms with van der Waals surface area (Å²) < 4.78 is 0. The zero-order chi connectivity index (χ0) is 9.14. The van der Waals surface area contributed by atoms with Crippen molar-refractivity contribution in [1.82, 2.24) is 4.98 Å². The lowest BCUT2D eigenvalue weighted by molar-refractivity contribution is 1.01. The lowest BCUT2D eigenvalue weighted by Crippen LogP contribution is -2.07. The highest BCUT2D eigenvalue weighted by molar-refractivity contribution is 5.48. The van der Waals surface area contributed by atoms with Crippen molar-refractivity contribution in [3.8, 4) is 0 Å². The van der Waals surface area contributed by atoms with Gasteiger partial charge in [0.2, 0.25) is 0 Å². The molecule has 0 saturated heterocycles. The summed E-state index contributed by atoms with van der Waals surface area (Å²) in [7, 11) is 1.86. The summed E-state index contributed by atoms with van der Waals surface area (Å²) in [5.74, 6) is 0.898. The van der Waals surface area contributed by atoms with Gasteiger partial charge < -0.3 is 11.1 Å². The van der Waals surface area contributed by atoms with Crippen molar-refractivity contribution in [3.63, 3.8) is 0 Å². The number of pyridine rings is 1. The van der Waals surface area contributed by atoms with Crippen LogP contribution >= 0.6 is 0 Å². The largest absolute Gasteiger partial charge is 0.373 e. The van der Waals surface area contributed by atoms with E-state index in [2.05, 4.69) is 17.2 Å². The first kappa shape index (κ1) is 9.00. The molecule has 0 fully saturated rings. The van der Waals surface area contributed by atoms with Gasteiger partial charge in [0.25, 0.3) is 0 Å². The average Bonchev–Trinajstić information content (AvgIpc) is 2.03. The number of nitrogens with one attached hydrogen (secondary N) is 1. The molecular weight excluding hydrogens is 150 g/mol. The Labute approximate surface area is 73.0 Å². The first-order chi connectivity index (χ1) is 5.69. The molecule has 0 aromatic carbocycles. The molecular formula is C9H15N3. The van der Waals surface area contributed by atoms with Crippen molar-refractivity contribution in [2.24, 2.45) is 5.73 Å². The van der Waals surface area contributed by atoms with Gasteiger partial charge in [-0.3, -0.25) is 0 Å². The summed E-state index contributed by atoms with van der Waals surface area (Å²) in [5.41, 5.74) is 8.92. The molecule has 0 aliphatic heterocycles. The maximum Gasteiger partial charge on any atom is 0.130 e. The van der Waals surface area contributed by atoms with Crippen LogP contribution in [0.5, 0.6) is 0 Å². The number of nitrogens with zero attached hydrogens (tertiary/aromatic N) is 1. The van der Waals surface area contributed by atoms with Crippen molar-refractivity contribution >= 4 is 5.82 Å². The molecule has 1 aromatic rings. The van der Waals surface area contributed by atoms with Gasteiger partial charge in [-0.25, -0.2) is 4.98 Å². The highest BCUT2D eigenvalue weighted by Crippen LogP contribution is 2.16. The maximum absolute atomic E-state index is 5.60. The van der Waals surface area contributed by atoms with E-state index in [0.717, 1.165) is 17.1 Å². The van der Waals surface area contributed by atoms with E-state index in [0.29, 0.717) is 6.54 Å². The minimum Gasteiger partial charge on any atom is -0.373 e. The highest BCUT2D eigenvalue weighted by Gasteiger charge is 2.04. The van der Waals surface area contributed by atoms with Gasteiger partial charge in [0.1, 0.15) is 5.82 Å². The molecule has 3 nitrogen and oxygen atoms in total. The number of nitrogens with two attached hydrogens (primary N) is 1. The molecule has 1 rings (SSSR count). The summed E-state index contributed by atoms with van der Waals surface area (Å²) in [5, 5.41) is 3.04. The number of aromatic nitrogens is 1. The standard InChI is InChI=1S/C9H15N3/c1-6-4-7(2)12-9(11-3)8(6)5-10/h4H,5,10H2,1-3H3,(H,11,12). The number of hydrogen-bond donors (Lipinski definition) is 2. The zero-order valence-electron chi connectivity index (χ0n) is 7.81. The lowest BCUT2D eigenvalue weighted by Gasteiger charge is -2.10. The molecule has 1 heterocycles. The fourth-order valence-electron chi connectivity index (χ4n) is 1.33. The van der Waals surface area contributed by atoms with Crippen molar-refractivity contribution in [2.45, 2.75) is 20.4 Å². The van der Waals surface area contributed by atoms with E-state index in [1.165, 1.54) is 5.56 Å². The van der Waals surface area contributed by atoms with Crippen LogP contribution in [-0.4, -0.2) is 12.0 Å². The second-order valence-corrected chi connectivity index (χ2v) is 2.86. The Morgan fingerprint density at radius 1 is 1.50 bits per heavy atom. The van der Waals surface area contributed by atoms with Crippen LogP contribution in [0.2, 0.25) is 0 Å². The van der Waals surface area contributed by atoms with Gasteiger partial charge >= 0.3 is 0 Å². The summed E-state index contributed by atoms with van der Waals surface area (Å²) in [4.78, 5) is 4.33. The third kappa shape index (κ3) is 1.56. The number of aryl methyl sites for hydroxylation is 2. The van der Waals surface area contributed by atoms with E-state index in [1.54, 1.807) is 0 Å². The SMILES string of the molecule is CNc1nc(C)cc(C)c1CN. The Morgan fingerprint density at radius 3 is 2.67 bits per heavy atom. The van der Waals surface area contributed by atoms with Crippen LogP contribution in [0.1, 0.15) is 16.8 Å². The average molecular weight is 165 g/mol. The van der Waals surface area contributed by atoms with Crippen LogP contribution in [0.25, 0.3) is 0 Å². The van der Waals surface area contributed by atoms with Crippen LogP contribution in [-0.2, 0) is 6.54 Å². The predicted molar refractivity (Wildman–Crippen MR) is 51.1 cm³/mol. The predicted octanol–water partition coefficient (Wildman–Crippen LogP) is 1.20. The van der Waals surface area contributed by atoms with Crippen LogP contribution < -0.4 is 11.1 Å². The molecule has 66 valence electrons. The van der Waals surface area contributed by atoms with Crippen molar-refractivity contribution in [1.29, 1.82) is 0 Å². The summed E-state index contributed by atoms with van der Waals surface area (Å²) in [6, 6.07) is 2.04. The van der Waals surface area contributed by atoms with E-state index in [9.17, 15) is 0 Å². The van der Waals surface area contributed by atoms with E-state index in [4.69, 9.17) is 5.73 Å². The lowest BCUT2D eigenvalue weighted by atomic mass is 10.1. The molecule has 0 spiro atoms. The molecule has 1 aromatic heterocycles. The van der Waals surface area contributed by atoms with Gasteiger partial charge in [-0.2, -0.15) is 0 Å². The quantitative estimate of drug-likeness (QED) is 0.692.